The summed E-state index contributed by atoms with van der Waals surface area (Å²) in [7, 11) is 1.60. The molecule has 0 aliphatic heterocycles. The van der Waals surface area contributed by atoms with E-state index in [1.165, 1.54) is 29.2 Å². The largest absolute Gasteiger partial charge is 0.478 e. The molecule has 1 rings (SSSR count). The zero-order valence-electron chi connectivity index (χ0n) is 11.7. The molecule has 19 heavy (non-hydrogen) atoms. The molecule has 0 heterocycles. The Morgan fingerprint density at radius 3 is 2.42 bits per heavy atom. The van der Waals surface area contributed by atoms with E-state index in [-0.39, 0.29) is 18.3 Å². The molecule has 0 fully saturated rings. The van der Waals surface area contributed by atoms with Gasteiger partial charge in [0.15, 0.2) is 5.60 Å². The molecule has 1 unspecified atom stereocenters. The summed E-state index contributed by atoms with van der Waals surface area (Å²) in [5.41, 5.74) is -1.08. The van der Waals surface area contributed by atoms with Crippen LogP contribution in [0.5, 0.6) is 5.75 Å². The van der Waals surface area contributed by atoms with Crippen molar-refractivity contribution in [3.05, 3.63) is 30.1 Å². The molecule has 1 aromatic rings. The topological polar surface area (TPSA) is 49.8 Å². The van der Waals surface area contributed by atoms with Crippen molar-refractivity contribution in [2.24, 2.45) is 0 Å². The first-order valence-corrected chi connectivity index (χ1v) is 6.10. The fourth-order valence-corrected chi connectivity index (χ4v) is 1.78. The van der Waals surface area contributed by atoms with E-state index >= 15 is 0 Å². The minimum Gasteiger partial charge on any atom is -0.478 e. The average molecular weight is 269 g/mol. The third-order valence-corrected chi connectivity index (χ3v) is 2.59. The lowest BCUT2D eigenvalue weighted by atomic mass is 10.1. The van der Waals surface area contributed by atoms with Gasteiger partial charge < -0.3 is 14.7 Å². The molecule has 0 aliphatic rings. The highest BCUT2D eigenvalue weighted by atomic mass is 19.1. The fraction of sp³-hybridized carbons (Fsp3) is 0.500. The number of carbonyl (C=O) groups is 1. The summed E-state index contributed by atoms with van der Waals surface area (Å²) < 4.78 is 18.4. The number of hydrogen-bond acceptors (Lipinski definition) is 3. The Morgan fingerprint density at radius 1 is 1.42 bits per heavy atom. The van der Waals surface area contributed by atoms with Crippen molar-refractivity contribution < 1.29 is 19.0 Å². The van der Waals surface area contributed by atoms with Crippen molar-refractivity contribution >= 4 is 5.91 Å². The number of rotatable bonds is 5. The smallest absolute Gasteiger partial charge is 0.266 e. The quantitative estimate of drug-likeness (QED) is 0.887. The Hall–Kier alpha value is -1.62. The molecule has 0 spiro atoms. The monoisotopic (exact) mass is 269 g/mol. The standard InChI is InChI=1S/C14H20FNO3/c1-10(17)9-16(4)13(18)14(2,3)19-12-7-5-11(15)6-8-12/h5-8,10,17H,9H2,1-4H3. The predicted molar refractivity (Wildman–Crippen MR) is 70.4 cm³/mol. The molecule has 0 bridgehead atoms. The van der Waals surface area contributed by atoms with Gasteiger partial charge in [0.2, 0.25) is 0 Å². The summed E-state index contributed by atoms with van der Waals surface area (Å²) in [6.45, 7) is 5.11. The summed E-state index contributed by atoms with van der Waals surface area (Å²) in [6, 6.07) is 5.49. The number of aliphatic hydroxyl groups excluding tert-OH is 1. The second kappa shape index (κ2) is 6.02. The molecule has 4 nitrogen and oxygen atoms in total. The van der Waals surface area contributed by atoms with Gasteiger partial charge in [-0.15, -0.1) is 0 Å². The number of benzene rings is 1. The molecule has 0 radical (unpaired) electrons. The van der Waals surface area contributed by atoms with E-state index in [1.807, 2.05) is 0 Å². The highest BCUT2D eigenvalue weighted by Crippen LogP contribution is 2.20. The number of ether oxygens (including phenoxy) is 1. The second-order valence-electron chi connectivity index (χ2n) is 5.10. The van der Waals surface area contributed by atoms with Gasteiger partial charge >= 0.3 is 0 Å². The normalized spacial score (nSPS) is 12.9. The van der Waals surface area contributed by atoms with Crippen LogP contribution < -0.4 is 4.74 Å². The van der Waals surface area contributed by atoms with E-state index < -0.39 is 11.7 Å². The minimum absolute atomic E-state index is 0.231. The Morgan fingerprint density at radius 2 is 1.95 bits per heavy atom. The summed E-state index contributed by atoms with van der Waals surface area (Å²) >= 11 is 0. The third kappa shape index (κ3) is 4.52. The van der Waals surface area contributed by atoms with Gasteiger partial charge in [0.05, 0.1) is 6.10 Å². The molecule has 0 aromatic heterocycles. The fourth-order valence-electron chi connectivity index (χ4n) is 1.78. The van der Waals surface area contributed by atoms with Crippen LogP contribution in [0.15, 0.2) is 24.3 Å². The first-order valence-electron chi connectivity index (χ1n) is 6.10. The van der Waals surface area contributed by atoms with Gasteiger partial charge in [0.1, 0.15) is 11.6 Å². The van der Waals surface area contributed by atoms with E-state index in [0.717, 1.165) is 0 Å². The van der Waals surface area contributed by atoms with Crippen LogP contribution in [0.4, 0.5) is 4.39 Å². The lowest BCUT2D eigenvalue weighted by molar-refractivity contribution is -0.145. The molecule has 1 N–H and O–H groups in total. The van der Waals surface area contributed by atoms with Gasteiger partial charge in [-0.25, -0.2) is 4.39 Å². The lowest BCUT2D eigenvalue weighted by Crippen LogP contribution is -2.49. The Kier molecular flexibility index (Phi) is 4.89. The maximum absolute atomic E-state index is 12.8. The zero-order valence-corrected chi connectivity index (χ0v) is 11.7. The van der Waals surface area contributed by atoms with E-state index in [0.29, 0.717) is 5.75 Å². The van der Waals surface area contributed by atoms with Crippen LogP contribution in [0.2, 0.25) is 0 Å². The number of nitrogens with zero attached hydrogens (tertiary/aromatic N) is 1. The van der Waals surface area contributed by atoms with E-state index in [4.69, 9.17) is 4.74 Å². The molecule has 1 atom stereocenters. The third-order valence-electron chi connectivity index (χ3n) is 2.59. The molecule has 0 aliphatic carbocycles. The Balaban J connectivity index is 2.74. The maximum atomic E-state index is 12.8. The van der Waals surface area contributed by atoms with Gasteiger partial charge in [0, 0.05) is 13.6 Å². The van der Waals surface area contributed by atoms with Crippen LogP contribution in [0.1, 0.15) is 20.8 Å². The van der Waals surface area contributed by atoms with Crippen molar-refractivity contribution in [1.29, 1.82) is 0 Å². The molecular weight excluding hydrogens is 249 g/mol. The minimum atomic E-state index is -1.08. The summed E-state index contributed by atoms with van der Waals surface area (Å²) in [5, 5.41) is 9.28. The van der Waals surface area contributed by atoms with E-state index in [2.05, 4.69) is 0 Å². The van der Waals surface area contributed by atoms with Crippen molar-refractivity contribution in [3.8, 4) is 5.75 Å². The van der Waals surface area contributed by atoms with Gasteiger partial charge in [-0.3, -0.25) is 4.79 Å². The number of carbonyl (C=O) groups excluding carboxylic acids is 1. The van der Waals surface area contributed by atoms with Crippen molar-refractivity contribution in [2.75, 3.05) is 13.6 Å². The number of amides is 1. The van der Waals surface area contributed by atoms with Crippen molar-refractivity contribution in [1.82, 2.24) is 4.90 Å². The Labute approximate surface area is 112 Å². The first kappa shape index (κ1) is 15.4. The van der Waals surface area contributed by atoms with Crippen molar-refractivity contribution in [3.63, 3.8) is 0 Å². The highest BCUT2D eigenvalue weighted by molar-refractivity contribution is 5.84. The highest BCUT2D eigenvalue weighted by Gasteiger charge is 2.33. The lowest BCUT2D eigenvalue weighted by Gasteiger charge is -2.30. The van der Waals surface area contributed by atoms with Gasteiger partial charge in [0.25, 0.3) is 5.91 Å². The maximum Gasteiger partial charge on any atom is 0.266 e. The Bertz CT molecular complexity index is 429. The molecule has 0 saturated carbocycles. The van der Waals surface area contributed by atoms with Crippen LogP contribution in [0.3, 0.4) is 0 Å². The van der Waals surface area contributed by atoms with Crippen molar-refractivity contribution in [2.45, 2.75) is 32.5 Å². The number of halogens is 1. The second-order valence-corrected chi connectivity index (χ2v) is 5.10. The van der Waals surface area contributed by atoms with Gasteiger partial charge in [-0.2, -0.15) is 0 Å². The van der Waals surface area contributed by atoms with Crippen LogP contribution >= 0.6 is 0 Å². The molecule has 0 saturated heterocycles. The predicted octanol–water partition coefficient (Wildman–Crippen LogP) is 1.82. The summed E-state index contributed by atoms with van der Waals surface area (Å²) in [6.07, 6.45) is -0.601. The summed E-state index contributed by atoms with van der Waals surface area (Å²) in [5.74, 6) is -0.189. The van der Waals surface area contributed by atoms with E-state index in [1.54, 1.807) is 27.8 Å². The van der Waals surface area contributed by atoms with Gasteiger partial charge in [-0.1, -0.05) is 0 Å². The molecular formula is C14H20FNO3. The van der Waals surface area contributed by atoms with Gasteiger partial charge in [-0.05, 0) is 45.0 Å². The van der Waals surface area contributed by atoms with E-state index in [9.17, 15) is 14.3 Å². The SMILES string of the molecule is CC(O)CN(C)C(=O)C(C)(C)Oc1ccc(F)cc1. The average Bonchev–Trinajstić information content (AvgIpc) is 2.30. The summed E-state index contributed by atoms with van der Waals surface area (Å²) in [4.78, 5) is 13.6. The number of aliphatic hydroxyl groups is 1. The molecule has 1 aromatic carbocycles. The first-order chi connectivity index (χ1) is 8.72. The molecule has 106 valence electrons. The zero-order chi connectivity index (χ0) is 14.6. The molecule has 1 amide bonds. The van der Waals surface area contributed by atoms with Crippen LogP contribution in [0.25, 0.3) is 0 Å². The van der Waals surface area contributed by atoms with Crippen LogP contribution in [-0.2, 0) is 4.79 Å². The van der Waals surface area contributed by atoms with Crippen LogP contribution in [0, 0.1) is 5.82 Å². The molecule has 5 heteroatoms. The number of likely N-dealkylation sites (N-methyl/N-ethyl adjacent to an activating group) is 1. The number of hydrogen-bond donors (Lipinski definition) is 1. The van der Waals surface area contributed by atoms with Crippen LogP contribution in [-0.4, -0.2) is 41.2 Å².